The van der Waals surface area contributed by atoms with Crippen molar-refractivity contribution in [2.75, 3.05) is 44.4 Å². The number of amides is 1. The van der Waals surface area contributed by atoms with E-state index in [0.717, 1.165) is 33.6 Å². The third-order valence-corrected chi connectivity index (χ3v) is 7.17. The number of carbonyl (C=O) groups is 1. The Bertz CT molecular complexity index is 1520. The van der Waals surface area contributed by atoms with Crippen LogP contribution in [-0.2, 0) is 4.74 Å². The predicted octanol–water partition coefficient (Wildman–Crippen LogP) is 4.23. The molecular formula is C27H24FN5O4. The highest BCUT2D eigenvalue weighted by Crippen LogP contribution is 2.39. The van der Waals surface area contributed by atoms with Crippen LogP contribution in [0.2, 0.25) is 0 Å². The molecule has 3 aliphatic rings. The third kappa shape index (κ3) is 3.71. The first-order valence-electron chi connectivity index (χ1n) is 12.4. The van der Waals surface area contributed by atoms with Gasteiger partial charge >= 0.3 is 6.09 Å². The molecule has 4 bridgehead atoms. The maximum atomic E-state index is 14.9. The van der Waals surface area contributed by atoms with Gasteiger partial charge in [0.05, 0.1) is 47.9 Å². The molecule has 9 nitrogen and oxygen atoms in total. The number of H-pyrrole nitrogens is 1. The van der Waals surface area contributed by atoms with Crippen LogP contribution in [0, 0.1) is 5.82 Å². The summed E-state index contributed by atoms with van der Waals surface area (Å²) in [6.45, 7) is 3.16. The molecular weight excluding hydrogens is 477 g/mol. The van der Waals surface area contributed by atoms with Crippen molar-refractivity contribution in [2.45, 2.75) is 12.5 Å². The number of nitrogens with zero attached hydrogens (tertiary/aromatic N) is 4. The van der Waals surface area contributed by atoms with Gasteiger partial charge in [0.2, 0.25) is 0 Å². The van der Waals surface area contributed by atoms with Gasteiger partial charge < -0.3 is 19.1 Å². The molecule has 4 aromatic rings. The molecule has 0 aliphatic carbocycles. The van der Waals surface area contributed by atoms with Gasteiger partial charge in [-0.15, -0.1) is 0 Å². The van der Waals surface area contributed by atoms with Crippen molar-refractivity contribution in [3.8, 4) is 34.0 Å². The first-order valence-corrected chi connectivity index (χ1v) is 12.4. The Kier molecular flexibility index (Phi) is 5.12. The van der Waals surface area contributed by atoms with E-state index in [1.165, 1.54) is 6.07 Å². The fraction of sp³-hybridized carbons (Fsp3) is 0.296. The van der Waals surface area contributed by atoms with Crippen LogP contribution in [0.5, 0.6) is 11.5 Å². The standard InChI is InChI=1S/C27H24FN5O4/c28-19-3-1-4-23-25(19)20-12-18-21(13-29-20)30-31-26(18)16-5-6-22(24(11-16)36-10-2-9-35-23)32-7-8-33-17(14-32)15-37-27(33)34/h1,3-6,11-13,17H,2,7-10,14-15H2,(H,30,31)/t17-/m1/s1. The zero-order chi connectivity index (χ0) is 24.9. The molecule has 5 heterocycles. The van der Waals surface area contributed by atoms with Crippen molar-refractivity contribution < 1.29 is 23.4 Å². The average molecular weight is 502 g/mol. The van der Waals surface area contributed by atoms with Crippen molar-refractivity contribution in [2.24, 2.45) is 0 Å². The number of aromatic nitrogens is 3. The first kappa shape index (κ1) is 21.9. The van der Waals surface area contributed by atoms with E-state index < -0.39 is 0 Å². The summed E-state index contributed by atoms with van der Waals surface area (Å²) in [5.41, 5.74) is 4.13. The Morgan fingerprint density at radius 3 is 2.84 bits per heavy atom. The zero-order valence-corrected chi connectivity index (χ0v) is 19.9. The fourth-order valence-electron chi connectivity index (χ4n) is 5.32. The van der Waals surface area contributed by atoms with Crippen LogP contribution in [0.1, 0.15) is 6.42 Å². The minimum atomic E-state index is -0.390. The number of carbonyl (C=O) groups excluding carboxylic acids is 1. The summed E-state index contributed by atoms with van der Waals surface area (Å²) in [6, 6.07) is 12.7. The Labute approximate surface area is 211 Å². The molecule has 0 unspecified atom stereocenters. The van der Waals surface area contributed by atoms with E-state index in [0.29, 0.717) is 62.9 Å². The lowest BCUT2D eigenvalue weighted by atomic mass is 10.0. The monoisotopic (exact) mass is 501 g/mol. The molecule has 1 amide bonds. The quantitative estimate of drug-likeness (QED) is 0.417. The number of anilines is 1. The molecule has 7 rings (SSSR count). The maximum Gasteiger partial charge on any atom is 0.410 e. The average Bonchev–Trinajstić information content (AvgIpc) is 3.51. The van der Waals surface area contributed by atoms with Gasteiger partial charge in [0.1, 0.15) is 29.6 Å². The number of fused-ring (bicyclic) bond motifs is 7. The second kappa shape index (κ2) is 8.65. The van der Waals surface area contributed by atoms with Crippen molar-refractivity contribution in [1.82, 2.24) is 20.1 Å². The molecule has 0 radical (unpaired) electrons. The highest BCUT2D eigenvalue weighted by molar-refractivity contribution is 5.95. The van der Waals surface area contributed by atoms with Crippen LogP contribution >= 0.6 is 0 Å². The van der Waals surface area contributed by atoms with E-state index in [4.69, 9.17) is 14.2 Å². The molecule has 188 valence electrons. The van der Waals surface area contributed by atoms with E-state index in [9.17, 15) is 9.18 Å². The van der Waals surface area contributed by atoms with Crippen LogP contribution in [-0.4, -0.2) is 71.7 Å². The Morgan fingerprint density at radius 1 is 1.03 bits per heavy atom. The molecule has 10 heteroatoms. The number of hydrogen-bond donors (Lipinski definition) is 1. The summed E-state index contributed by atoms with van der Waals surface area (Å²) in [4.78, 5) is 20.5. The number of aromatic amines is 1. The van der Waals surface area contributed by atoms with E-state index >= 15 is 0 Å². The normalized spacial score (nSPS) is 19.1. The molecule has 2 aromatic carbocycles. The molecule has 2 aromatic heterocycles. The maximum absolute atomic E-state index is 14.9. The smallest absolute Gasteiger partial charge is 0.410 e. The second-order valence-electron chi connectivity index (χ2n) is 9.40. The van der Waals surface area contributed by atoms with Crippen molar-refractivity contribution in [1.29, 1.82) is 0 Å². The molecule has 37 heavy (non-hydrogen) atoms. The number of benzene rings is 2. The molecule has 0 saturated carbocycles. The number of halogens is 1. The minimum absolute atomic E-state index is 0.0294. The number of hydrogen-bond acceptors (Lipinski definition) is 7. The lowest BCUT2D eigenvalue weighted by Gasteiger charge is -2.37. The summed E-state index contributed by atoms with van der Waals surface area (Å²) in [5.74, 6) is 0.795. The van der Waals surface area contributed by atoms with E-state index in [2.05, 4.69) is 20.1 Å². The van der Waals surface area contributed by atoms with Gasteiger partial charge in [0.15, 0.2) is 0 Å². The fourth-order valence-corrected chi connectivity index (χ4v) is 5.32. The topological polar surface area (TPSA) is 92.8 Å². The number of piperazine rings is 1. The lowest BCUT2D eigenvalue weighted by Crippen LogP contribution is -2.52. The van der Waals surface area contributed by atoms with Crippen LogP contribution in [0.3, 0.4) is 0 Å². The predicted molar refractivity (Wildman–Crippen MR) is 134 cm³/mol. The van der Waals surface area contributed by atoms with E-state index in [1.807, 2.05) is 24.3 Å². The van der Waals surface area contributed by atoms with Crippen LogP contribution in [0.15, 0.2) is 48.7 Å². The van der Waals surface area contributed by atoms with E-state index in [-0.39, 0.29) is 18.0 Å². The molecule has 0 spiro atoms. The highest BCUT2D eigenvalue weighted by Gasteiger charge is 2.38. The Hall–Kier alpha value is -4.34. The summed E-state index contributed by atoms with van der Waals surface area (Å²) < 4.78 is 32.4. The number of pyridine rings is 1. The van der Waals surface area contributed by atoms with Gasteiger partial charge in [0, 0.05) is 37.0 Å². The van der Waals surface area contributed by atoms with Gasteiger partial charge in [-0.2, -0.15) is 5.10 Å². The SMILES string of the molecule is O=C1OC[C@H]2CN(c3ccc4cc3OCCCOc3cccc(F)c3-c3cc5c-4n[nH]c5cn3)CCN12. The highest BCUT2D eigenvalue weighted by atomic mass is 19.1. The number of ether oxygens (including phenoxy) is 3. The Morgan fingerprint density at radius 2 is 1.92 bits per heavy atom. The van der Waals surface area contributed by atoms with Crippen LogP contribution in [0.4, 0.5) is 14.9 Å². The van der Waals surface area contributed by atoms with Gasteiger partial charge in [-0.25, -0.2) is 9.18 Å². The lowest BCUT2D eigenvalue weighted by molar-refractivity contribution is 0.157. The molecule has 1 N–H and O–H groups in total. The molecule has 1 atom stereocenters. The summed E-state index contributed by atoms with van der Waals surface area (Å²) in [7, 11) is 0. The molecule has 3 aliphatic heterocycles. The van der Waals surface area contributed by atoms with Gasteiger partial charge in [-0.05, 0) is 30.3 Å². The molecule has 2 fully saturated rings. The summed E-state index contributed by atoms with van der Waals surface area (Å²) >= 11 is 0. The largest absolute Gasteiger partial charge is 0.493 e. The van der Waals surface area contributed by atoms with Crippen molar-refractivity contribution in [3.63, 3.8) is 0 Å². The van der Waals surface area contributed by atoms with Crippen LogP contribution in [0.25, 0.3) is 33.4 Å². The first-order chi connectivity index (χ1) is 18.2. The number of rotatable bonds is 1. The second-order valence-corrected chi connectivity index (χ2v) is 9.40. The van der Waals surface area contributed by atoms with E-state index in [1.54, 1.807) is 23.2 Å². The molecule has 2 saturated heterocycles. The van der Waals surface area contributed by atoms with Gasteiger partial charge in [-0.3, -0.25) is 15.0 Å². The Balaban J connectivity index is 1.31. The van der Waals surface area contributed by atoms with Crippen LogP contribution < -0.4 is 14.4 Å². The van der Waals surface area contributed by atoms with Gasteiger partial charge in [-0.1, -0.05) is 12.1 Å². The minimum Gasteiger partial charge on any atom is -0.493 e. The third-order valence-electron chi connectivity index (χ3n) is 7.17. The van der Waals surface area contributed by atoms with Crippen molar-refractivity contribution >= 4 is 22.7 Å². The van der Waals surface area contributed by atoms with Crippen molar-refractivity contribution in [3.05, 3.63) is 54.5 Å². The zero-order valence-electron chi connectivity index (χ0n) is 19.9. The number of cyclic esters (lactones) is 1. The summed E-state index contributed by atoms with van der Waals surface area (Å²) in [5, 5.41) is 8.42. The van der Waals surface area contributed by atoms with Gasteiger partial charge in [0.25, 0.3) is 0 Å². The number of nitrogens with one attached hydrogen (secondary N) is 1. The summed E-state index contributed by atoms with van der Waals surface area (Å²) in [6.07, 6.45) is 2.04.